The van der Waals surface area contributed by atoms with Crippen molar-refractivity contribution in [1.82, 2.24) is 10.2 Å². The third kappa shape index (κ3) is 7.34. The van der Waals surface area contributed by atoms with E-state index in [0.29, 0.717) is 24.8 Å². The number of rotatable bonds is 9. The lowest BCUT2D eigenvalue weighted by molar-refractivity contribution is -0.142. The van der Waals surface area contributed by atoms with Crippen LogP contribution in [0.5, 0.6) is 5.75 Å². The molecule has 29 heavy (non-hydrogen) atoms. The average Bonchev–Trinajstić information content (AvgIpc) is 2.70. The number of carbonyl (C=O) groups is 2. The van der Waals surface area contributed by atoms with Gasteiger partial charge in [0.1, 0.15) is 11.8 Å². The molecule has 1 atom stereocenters. The summed E-state index contributed by atoms with van der Waals surface area (Å²) in [6, 6.07) is 14.8. The SMILES string of the molecule is Cc1ccccc1CN(C(=O)COc1ccc(I)cc1)[C@H](C)C(=O)NCC(C)C. The van der Waals surface area contributed by atoms with E-state index in [1.54, 1.807) is 11.8 Å². The number of halogens is 1. The van der Waals surface area contributed by atoms with Gasteiger partial charge < -0.3 is 15.0 Å². The van der Waals surface area contributed by atoms with Gasteiger partial charge in [-0.15, -0.1) is 0 Å². The largest absolute Gasteiger partial charge is 0.484 e. The number of ether oxygens (including phenoxy) is 1. The predicted octanol–water partition coefficient (Wildman–Crippen LogP) is 4.17. The van der Waals surface area contributed by atoms with Crippen molar-refractivity contribution in [2.24, 2.45) is 5.92 Å². The fourth-order valence-electron chi connectivity index (χ4n) is 2.76. The van der Waals surface area contributed by atoms with Crippen LogP contribution in [0, 0.1) is 16.4 Å². The van der Waals surface area contributed by atoms with Crippen molar-refractivity contribution < 1.29 is 14.3 Å². The summed E-state index contributed by atoms with van der Waals surface area (Å²) < 4.78 is 6.77. The van der Waals surface area contributed by atoms with Crippen LogP contribution >= 0.6 is 22.6 Å². The van der Waals surface area contributed by atoms with Crippen LogP contribution < -0.4 is 10.1 Å². The Kier molecular flexibility index (Phi) is 8.95. The van der Waals surface area contributed by atoms with Crippen molar-refractivity contribution in [3.05, 3.63) is 63.2 Å². The van der Waals surface area contributed by atoms with Crippen molar-refractivity contribution in [3.63, 3.8) is 0 Å². The summed E-state index contributed by atoms with van der Waals surface area (Å²) >= 11 is 2.22. The smallest absolute Gasteiger partial charge is 0.261 e. The van der Waals surface area contributed by atoms with Crippen LogP contribution in [0.2, 0.25) is 0 Å². The molecule has 0 aromatic heterocycles. The predicted molar refractivity (Wildman–Crippen MR) is 124 cm³/mol. The number of aryl methyl sites for hydroxylation is 1. The monoisotopic (exact) mass is 508 g/mol. The van der Waals surface area contributed by atoms with E-state index in [1.165, 1.54) is 0 Å². The number of amides is 2. The molecule has 6 heteroatoms. The van der Waals surface area contributed by atoms with Crippen molar-refractivity contribution >= 4 is 34.4 Å². The molecule has 0 radical (unpaired) electrons. The van der Waals surface area contributed by atoms with E-state index in [9.17, 15) is 9.59 Å². The normalized spacial score (nSPS) is 11.8. The molecule has 2 rings (SSSR count). The van der Waals surface area contributed by atoms with Crippen molar-refractivity contribution in [3.8, 4) is 5.75 Å². The summed E-state index contributed by atoms with van der Waals surface area (Å²) in [6.45, 7) is 8.66. The fraction of sp³-hybridized carbons (Fsp3) is 0.391. The van der Waals surface area contributed by atoms with Crippen molar-refractivity contribution in [2.75, 3.05) is 13.2 Å². The van der Waals surface area contributed by atoms with Crippen molar-refractivity contribution in [1.29, 1.82) is 0 Å². The molecular formula is C23H29IN2O3. The number of nitrogens with zero attached hydrogens (tertiary/aromatic N) is 1. The molecule has 0 aliphatic carbocycles. The maximum Gasteiger partial charge on any atom is 0.261 e. The molecule has 0 aliphatic heterocycles. The van der Waals surface area contributed by atoms with E-state index in [1.807, 2.05) is 69.3 Å². The van der Waals surface area contributed by atoms with Crippen LogP contribution in [0.15, 0.2) is 48.5 Å². The highest BCUT2D eigenvalue weighted by molar-refractivity contribution is 14.1. The van der Waals surface area contributed by atoms with Crippen LogP contribution in [-0.4, -0.2) is 35.9 Å². The minimum Gasteiger partial charge on any atom is -0.484 e. The first kappa shape index (κ1) is 23.2. The second-order valence-electron chi connectivity index (χ2n) is 7.51. The Morgan fingerprint density at radius 3 is 2.34 bits per heavy atom. The zero-order valence-corrected chi connectivity index (χ0v) is 19.6. The standard InChI is InChI=1S/C23H29IN2O3/c1-16(2)13-25-23(28)18(4)26(14-19-8-6-5-7-17(19)3)22(27)15-29-21-11-9-20(24)10-12-21/h5-12,16,18H,13-15H2,1-4H3,(H,25,28)/t18-/m1/s1. The Balaban J connectivity index is 2.13. The van der Waals surface area contributed by atoms with E-state index in [2.05, 4.69) is 27.9 Å². The summed E-state index contributed by atoms with van der Waals surface area (Å²) in [4.78, 5) is 27.2. The summed E-state index contributed by atoms with van der Waals surface area (Å²) in [5.74, 6) is 0.594. The quantitative estimate of drug-likeness (QED) is 0.518. The molecule has 2 aromatic rings. The number of nitrogens with one attached hydrogen (secondary N) is 1. The zero-order chi connectivity index (χ0) is 21.4. The molecule has 0 saturated heterocycles. The first-order valence-electron chi connectivity index (χ1n) is 9.78. The molecule has 0 aliphatic rings. The highest BCUT2D eigenvalue weighted by Gasteiger charge is 2.26. The highest BCUT2D eigenvalue weighted by Crippen LogP contribution is 2.16. The fourth-order valence-corrected chi connectivity index (χ4v) is 3.12. The summed E-state index contributed by atoms with van der Waals surface area (Å²) in [5.41, 5.74) is 2.09. The van der Waals surface area contributed by atoms with E-state index < -0.39 is 6.04 Å². The Bertz CT molecular complexity index is 821. The molecule has 0 heterocycles. The number of hydrogen-bond donors (Lipinski definition) is 1. The van der Waals surface area contributed by atoms with Gasteiger partial charge >= 0.3 is 0 Å². The van der Waals surface area contributed by atoms with Gasteiger partial charge in [0.25, 0.3) is 5.91 Å². The minimum absolute atomic E-state index is 0.117. The molecule has 2 amide bonds. The van der Waals surface area contributed by atoms with Gasteiger partial charge in [0.05, 0.1) is 0 Å². The lowest BCUT2D eigenvalue weighted by atomic mass is 10.1. The Labute approximate surface area is 187 Å². The molecule has 0 spiro atoms. The number of benzene rings is 2. The topological polar surface area (TPSA) is 58.6 Å². The van der Waals surface area contributed by atoms with Gasteiger partial charge in [0.2, 0.25) is 5.91 Å². The Morgan fingerprint density at radius 1 is 1.07 bits per heavy atom. The minimum atomic E-state index is -0.596. The second-order valence-corrected chi connectivity index (χ2v) is 8.75. The van der Waals surface area contributed by atoms with E-state index >= 15 is 0 Å². The lowest BCUT2D eigenvalue weighted by Gasteiger charge is -2.29. The van der Waals surface area contributed by atoms with Gasteiger partial charge in [-0.3, -0.25) is 9.59 Å². The van der Waals surface area contributed by atoms with Gasteiger partial charge in [-0.05, 0) is 77.7 Å². The molecule has 0 unspecified atom stereocenters. The number of hydrogen-bond acceptors (Lipinski definition) is 3. The van der Waals surface area contributed by atoms with E-state index in [0.717, 1.165) is 14.7 Å². The zero-order valence-electron chi connectivity index (χ0n) is 17.4. The van der Waals surface area contributed by atoms with Crippen LogP contribution in [0.3, 0.4) is 0 Å². The lowest BCUT2D eigenvalue weighted by Crippen LogP contribution is -2.49. The van der Waals surface area contributed by atoms with Crippen LogP contribution in [0.4, 0.5) is 0 Å². The van der Waals surface area contributed by atoms with Gasteiger partial charge in [-0.1, -0.05) is 38.1 Å². The molecule has 156 valence electrons. The van der Waals surface area contributed by atoms with Crippen LogP contribution in [-0.2, 0) is 16.1 Å². The van der Waals surface area contributed by atoms with Crippen LogP contribution in [0.25, 0.3) is 0 Å². The van der Waals surface area contributed by atoms with Gasteiger partial charge in [-0.25, -0.2) is 0 Å². The summed E-state index contributed by atoms with van der Waals surface area (Å²) in [5, 5.41) is 2.92. The summed E-state index contributed by atoms with van der Waals surface area (Å²) in [6.07, 6.45) is 0. The van der Waals surface area contributed by atoms with Crippen molar-refractivity contribution in [2.45, 2.75) is 40.3 Å². The third-order valence-electron chi connectivity index (χ3n) is 4.63. The Hall–Kier alpha value is -2.09. The molecular weight excluding hydrogens is 479 g/mol. The maximum absolute atomic E-state index is 13.0. The summed E-state index contributed by atoms with van der Waals surface area (Å²) in [7, 11) is 0. The second kappa shape index (κ2) is 11.2. The van der Waals surface area contributed by atoms with Gasteiger partial charge in [0.15, 0.2) is 6.61 Å². The molecule has 0 bridgehead atoms. The first-order chi connectivity index (χ1) is 13.8. The van der Waals surface area contributed by atoms with Gasteiger partial charge in [-0.2, -0.15) is 0 Å². The highest BCUT2D eigenvalue weighted by atomic mass is 127. The molecule has 1 N–H and O–H groups in total. The third-order valence-corrected chi connectivity index (χ3v) is 5.35. The maximum atomic E-state index is 13.0. The van der Waals surface area contributed by atoms with Gasteiger partial charge in [0, 0.05) is 16.7 Å². The molecule has 5 nitrogen and oxygen atoms in total. The Morgan fingerprint density at radius 2 is 1.72 bits per heavy atom. The molecule has 2 aromatic carbocycles. The van der Waals surface area contributed by atoms with Crippen LogP contribution in [0.1, 0.15) is 31.9 Å². The van der Waals surface area contributed by atoms with E-state index in [-0.39, 0.29) is 18.4 Å². The van der Waals surface area contributed by atoms with E-state index in [4.69, 9.17) is 4.74 Å². The first-order valence-corrected chi connectivity index (χ1v) is 10.9. The molecule has 0 fully saturated rings. The molecule has 0 saturated carbocycles. The number of carbonyl (C=O) groups excluding carboxylic acids is 2. The average molecular weight is 508 g/mol.